The zero-order valence-electron chi connectivity index (χ0n) is 8.57. The van der Waals surface area contributed by atoms with Crippen molar-refractivity contribution in [2.45, 2.75) is 13.8 Å². The van der Waals surface area contributed by atoms with Gasteiger partial charge in [0, 0.05) is 17.5 Å². The number of hydrogen-bond donors (Lipinski definition) is 0. The van der Waals surface area contributed by atoms with Gasteiger partial charge in [-0.2, -0.15) is 0 Å². The predicted octanol–water partition coefficient (Wildman–Crippen LogP) is 2.93. The second-order valence-electron chi connectivity index (χ2n) is 2.86. The summed E-state index contributed by atoms with van der Waals surface area (Å²) in [5, 5.41) is 0. The Labute approximate surface area is 84.7 Å². The molecule has 1 heterocycles. The lowest BCUT2D eigenvalue weighted by Gasteiger charge is -2.00. The van der Waals surface area contributed by atoms with Crippen molar-refractivity contribution in [3.63, 3.8) is 0 Å². The first kappa shape index (κ1) is 10.4. The molecule has 0 N–H and O–H groups in total. The van der Waals surface area contributed by atoms with Crippen LogP contribution in [0.5, 0.6) is 0 Å². The van der Waals surface area contributed by atoms with Gasteiger partial charge < -0.3 is 0 Å². The number of hydrogen-bond acceptors (Lipinski definition) is 2. The van der Waals surface area contributed by atoms with E-state index in [-0.39, 0.29) is 0 Å². The van der Waals surface area contributed by atoms with Gasteiger partial charge in [-0.1, -0.05) is 30.9 Å². The molecule has 0 unspecified atom stereocenters. The summed E-state index contributed by atoms with van der Waals surface area (Å²) in [6.45, 7) is 7.54. The molecule has 14 heavy (non-hydrogen) atoms. The second kappa shape index (κ2) is 5.12. The minimum atomic E-state index is 0.755. The summed E-state index contributed by atoms with van der Waals surface area (Å²) in [5.74, 6) is 0.755. The van der Waals surface area contributed by atoms with Crippen molar-refractivity contribution in [3.8, 4) is 0 Å². The van der Waals surface area contributed by atoms with E-state index < -0.39 is 0 Å². The number of aromatic nitrogens is 2. The average molecular weight is 186 g/mol. The van der Waals surface area contributed by atoms with E-state index in [4.69, 9.17) is 0 Å². The van der Waals surface area contributed by atoms with E-state index in [2.05, 4.69) is 16.5 Å². The van der Waals surface area contributed by atoms with Crippen molar-refractivity contribution < 1.29 is 0 Å². The molecule has 0 saturated heterocycles. The van der Waals surface area contributed by atoms with Crippen molar-refractivity contribution in [2.24, 2.45) is 0 Å². The molecule has 0 radical (unpaired) electrons. The third kappa shape index (κ3) is 2.66. The van der Waals surface area contributed by atoms with Gasteiger partial charge in [-0.15, -0.1) is 0 Å². The van der Waals surface area contributed by atoms with Crippen LogP contribution >= 0.6 is 0 Å². The van der Waals surface area contributed by atoms with Gasteiger partial charge in [0.2, 0.25) is 0 Å². The molecule has 0 amide bonds. The van der Waals surface area contributed by atoms with Crippen molar-refractivity contribution in [2.75, 3.05) is 0 Å². The molecule has 1 aromatic rings. The number of allylic oxidation sites excluding steroid dienone is 5. The van der Waals surface area contributed by atoms with Gasteiger partial charge in [-0.3, -0.25) is 0 Å². The van der Waals surface area contributed by atoms with Gasteiger partial charge in [0.05, 0.1) is 0 Å². The van der Waals surface area contributed by atoms with Crippen LogP contribution in [0.15, 0.2) is 43.1 Å². The zero-order valence-corrected chi connectivity index (χ0v) is 8.57. The largest absolute Gasteiger partial charge is 0.237 e. The number of rotatable bonds is 3. The van der Waals surface area contributed by atoms with Gasteiger partial charge >= 0.3 is 0 Å². The molecule has 0 aliphatic rings. The highest BCUT2D eigenvalue weighted by Crippen LogP contribution is 2.10. The van der Waals surface area contributed by atoms with Crippen LogP contribution in [0.3, 0.4) is 0 Å². The highest BCUT2D eigenvalue weighted by Gasteiger charge is 1.99. The Kier molecular flexibility index (Phi) is 3.80. The fraction of sp³-hybridized carbons (Fsp3) is 0.167. The third-order valence-corrected chi connectivity index (χ3v) is 1.78. The summed E-state index contributed by atoms with van der Waals surface area (Å²) in [6, 6.07) is 1.88. The molecule has 1 rings (SSSR count). The average Bonchev–Trinajstić information content (AvgIpc) is 2.19. The molecule has 2 heteroatoms. The summed E-state index contributed by atoms with van der Waals surface area (Å²) < 4.78 is 0. The van der Waals surface area contributed by atoms with Gasteiger partial charge in [-0.05, 0) is 19.9 Å². The van der Waals surface area contributed by atoms with Crippen molar-refractivity contribution in [1.29, 1.82) is 0 Å². The highest BCUT2D eigenvalue weighted by molar-refractivity contribution is 5.69. The van der Waals surface area contributed by atoms with Gasteiger partial charge in [0.1, 0.15) is 0 Å². The van der Waals surface area contributed by atoms with Crippen LogP contribution in [0.2, 0.25) is 0 Å². The molecule has 0 saturated carbocycles. The van der Waals surface area contributed by atoms with E-state index >= 15 is 0 Å². The van der Waals surface area contributed by atoms with Crippen LogP contribution < -0.4 is 0 Å². The van der Waals surface area contributed by atoms with Crippen LogP contribution in [0.4, 0.5) is 0 Å². The van der Waals surface area contributed by atoms with E-state index in [9.17, 15) is 0 Å². The summed E-state index contributed by atoms with van der Waals surface area (Å²) in [7, 11) is 0. The molecule has 0 aromatic carbocycles. The first-order valence-electron chi connectivity index (χ1n) is 4.53. The highest BCUT2D eigenvalue weighted by atomic mass is 14.9. The Bertz CT molecular complexity index is 376. The molecular weight excluding hydrogens is 172 g/mol. The van der Waals surface area contributed by atoms with Gasteiger partial charge in [0.25, 0.3) is 0 Å². The van der Waals surface area contributed by atoms with E-state index in [1.54, 1.807) is 12.3 Å². The zero-order chi connectivity index (χ0) is 10.4. The lowest BCUT2D eigenvalue weighted by Crippen LogP contribution is -1.93. The summed E-state index contributed by atoms with van der Waals surface area (Å²) in [6.07, 6.45) is 9.31. The molecule has 0 bridgehead atoms. The minimum Gasteiger partial charge on any atom is -0.237 e. The Morgan fingerprint density at radius 3 is 2.86 bits per heavy atom. The van der Waals surface area contributed by atoms with E-state index in [0.717, 1.165) is 17.1 Å². The maximum absolute atomic E-state index is 4.33. The maximum Gasteiger partial charge on any atom is 0.159 e. The Balaban J connectivity index is 3.02. The molecule has 0 aliphatic carbocycles. The monoisotopic (exact) mass is 186 g/mol. The lowest BCUT2D eigenvalue weighted by molar-refractivity contribution is 1.07. The molecular formula is C12H14N2. The molecule has 1 aromatic heterocycles. The van der Waals surface area contributed by atoms with E-state index in [1.165, 1.54) is 0 Å². The normalized spacial score (nSPS) is 12.0. The SMILES string of the molecule is C=C/C=C\C(=C/C)c1nccc(C)n1. The van der Waals surface area contributed by atoms with E-state index in [1.807, 2.05) is 38.1 Å². The van der Waals surface area contributed by atoms with Crippen molar-refractivity contribution >= 4 is 5.57 Å². The van der Waals surface area contributed by atoms with E-state index in [0.29, 0.717) is 0 Å². The first-order chi connectivity index (χ1) is 6.77. The topological polar surface area (TPSA) is 25.8 Å². The maximum atomic E-state index is 4.33. The molecule has 0 aliphatic heterocycles. The van der Waals surface area contributed by atoms with Gasteiger partial charge in [-0.25, -0.2) is 9.97 Å². The summed E-state index contributed by atoms with van der Waals surface area (Å²) >= 11 is 0. The molecule has 0 atom stereocenters. The van der Waals surface area contributed by atoms with Crippen molar-refractivity contribution in [1.82, 2.24) is 9.97 Å². The first-order valence-corrected chi connectivity index (χ1v) is 4.53. The fourth-order valence-electron chi connectivity index (χ4n) is 1.06. The van der Waals surface area contributed by atoms with Crippen LogP contribution in [0.25, 0.3) is 5.57 Å². The number of nitrogens with zero attached hydrogens (tertiary/aromatic N) is 2. The smallest absolute Gasteiger partial charge is 0.159 e. The number of aryl methyl sites for hydroxylation is 1. The lowest BCUT2D eigenvalue weighted by atomic mass is 10.2. The Hall–Kier alpha value is -1.70. The summed E-state index contributed by atoms with van der Waals surface area (Å²) in [5.41, 5.74) is 1.98. The van der Waals surface area contributed by atoms with Crippen LogP contribution in [0.1, 0.15) is 18.4 Å². The Morgan fingerprint density at radius 1 is 1.50 bits per heavy atom. The fourth-order valence-corrected chi connectivity index (χ4v) is 1.06. The van der Waals surface area contributed by atoms with Gasteiger partial charge in [0.15, 0.2) is 5.82 Å². The van der Waals surface area contributed by atoms with Crippen molar-refractivity contribution in [3.05, 3.63) is 54.7 Å². The molecule has 0 spiro atoms. The molecule has 72 valence electrons. The molecule has 0 fully saturated rings. The second-order valence-corrected chi connectivity index (χ2v) is 2.86. The Morgan fingerprint density at radius 2 is 2.29 bits per heavy atom. The predicted molar refractivity (Wildman–Crippen MR) is 59.8 cm³/mol. The summed E-state index contributed by atoms with van der Waals surface area (Å²) in [4.78, 5) is 8.53. The molecule has 2 nitrogen and oxygen atoms in total. The van der Waals surface area contributed by atoms with Crippen LogP contribution in [-0.4, -0.2) is 9.97 Å². The van der Waals surface area contributed by atoms with Crippen LogP contribution in [-0.2, 0) is 0 Å². The quantitative estimate of drug-likeness (QED) is 0.678. The third-order valence-electron chi connectivity index (χ3n) is 1.78. The van der Waals surface area contributed by atoms with Crippen LogP contribution in [0, 0.1) is 6.92 Å². The standard InChI is InChI=1S/C12H14N2/c1-4-6-7-11(5-2)12-13-9-8-10(3)14-12/h4-9H,1H2,2-3H3/b7-6-,11-5+. The minimum absolute atomic E-state index is 0.755.